The van der Waals surface area contributed by atoms with Crippen LogP contribution in [0.1, 0.15) is 26.2 Å². The van der Waals surface area contributed by atoms with Gasteiger partial charge < -0.3 is 5.32 Å². The monoisotopic (exact) mass is 125 g/mol. The van der Waals surface area contributed by atoms with E-state index in [1.54, 1.807) is 0 Å². The van der Waals surface area contributed by atoms with Gasteiger partial charge in [0.25, 0.3) is 0 Å². The van der Waals surface area contributed by atoms with Crippen LogP contribution in [0.25, 0.3) is 0 Å². The van der Waals surface area contributed by atoms with E-state index in [-0.39, 0.29) is 0 Å². The van der Waals surface area contributed by atoms with Gasteiger partial charge in [0.1, 0.15) is 0 Å². The van der Waals surface area contributed by atoms with Crippen molar-refractivity contribution in [2.24, 2.45) is 0 Å². The molecule has 1 heterocycles. The van der Waals surface area contributed by atoms with Gasteiger partial charge in [0.15, 0.2) is 0 Å². The molecule has 0 aromatic carbocycles. The second-order valence-corrected chi connectivity index (χ2v) is 2.60. The highest BCUT2D eigenvalue weighted by Gasteiger charge is 2.05. The fraction of sp³-hybridized carbons (Fsp3) is 0.750. The zero-order valence-corrected chi connectivity index (χ0v) is 6.06. The quantitative estimate of drug-likeness (QED) is 0.554. The molecular weight excluding hydrogens is 110 g/mol. The fourth-order valence-corrected chi connectivity index (χ4v) is 1.23. The molecule has 1 unspecified atom stereocenters. The van der Waals surface area contributed by atoms with E-state index < -0.39 is 0 Å². The summed E-state index contributed by atoms with van der Waals surface area (Å²) in [4.78, 5) is 0. The lowest BCUT2D eigenvalue weighted by molar-refractivity contribution is 0.489. The Labute approximate surface area is 57.1 Å². The van der Waals surface area contributed by atoms with Crippen molar-refractivity contribution in [1.82, 2.24) is 5.32 Å². The van der Waals surface area contributed by atoms with Crippen LogP contribution in [0.3, 0.4) is 0 Å². The molecule has 1 N–H and O–H groups in total. The second-order valence-electron chi connectivity index (χ2n) is 2.60. The smallest absolute Gasteiger partial charge is 0.0137 e. The highest BCUT2D eigenvalue weighted by molar-refractivity contribution is 4.93. The summed E-state index contributed by atoms with van der Waals surface area (Å²) in [5, 5.41) is 3.43. The number of hydrogen-bond acceptors (Lipinski definition) is 1. The lowest BCUT2D eigenvalue weighted by Gasteiger charge is -2.18. The summed E-state index contributed by atoms with van der Waals surface area (Å²) >= 11 is 0. The van der Waals surface area contributed by atoms with Crippen molar-refractivity contribution < 1.29 is 0 Å². The van der Waals surface area contributed by atoms with Crippen molar-refractivity contribution in [3.8, 4) is 0 Å². The average Bonchev–Trinajstić information content (AvgIpc) is 1.91. The van der Waals surface area contributed by atoms with E-state index in [0.29, 0.717) is 0 Å². The first-order valence-corrected chi connectivity index (χ1v) is 3.82. The first kappa shape index (κ1) is 6.81. The lowest BCUT2D eigenvalue weighted by atomic mass is 10.1. The third kappa shape index (κ3) is 2.19. The summed E-state index contributed by atoms with van der Waals surface area (Å²) in [6.07, 6.45) is 8.33. The Morgan fingerprint density at radius 3 is 3.00 bits per heavy atom. The molecule has 1 heteroatoms. The molecule has 0 saturated carbocycles. The number of nitrogens with one attached hydrogen (secondary N) is 1. The van der Waals surface area contributed by atoms with Gasteiger partial charge in [-0.05, 0) is 12.8 Å². The minimum Gasteiger partial charge on any atom is -0.310 e. The minimum absolute atomic E-state index is 0.764. The molecule has 1 aliphatic rings. The maximum absolute atomic E-state index is 3.43. The summed E-state index contributed by atoms with van der Waals surface area (Å²) in [6.45, 7) is 3.31. The Morgan fingerprint density at radius 2 is 2.44 bits per heavy atom. The van der Waals surface area contributed by atoms with Crippen molar-refractivity contribution in [3.05, 3.63) is 12.2 Å². The second kappa shape index (κ2) is 3.67. The molecule has 0 amide bonds. The summed E-state index contributed by atoms with van der Waals surface area (Å²) < 4.78 is 0. The third-order valence-corrected chi connectivity index (χ3v) is 1.75. The molecule has 1 nitrogen and oxygen atoms in total. The van der Waals surface area contributed by atoms with Crippen LogP contribution in [0.5, 0.6) is 0 Å². The fourth-order valence-electron chi connectivity index (χ4n) is 1.23. The highest BCUT2D eigenvalue weighted by Crippen LogP contribution is 2.05. The largest absolute Gasteiger partial charge is 0.310 e. The normalized spacial score (nSPS) is 26.6. The van der Waals surface area contributed by atoms with Crippen LogP contribution in [-0.4, -0.2) is 12.6 Å². The van der Waals surface area contributed by atoms with E-state index in [1.165, 1.54) is 19.3 Å². The molecule has 0 aromatic heterocycles. The zero-order valence-electron chi connectivity index (χ0n) is 6.06. The van der Waals surface area contributed by atoms with E-state index in [4.69, 9.17) is 0 Å². The summed E-state index contributed by atoms with van der Waals surface area (Å²) in [7, 11) is 0. The van der Waals surface area contributed by atoms with E-state index in [1.807, 2.05) is 0 Å². The van der Waals surface area contributed by atoms with Gasteiger partial charge in [-0.2, -0.15) is 0 Å². The average molecular weight is 125 g/mol. The van der Waals surface area contributed by atoms with Crippen molar-refractivity contribution in [1.29, 1.82) is 0 Å². The molecular formula is C8H15N. The zero-order chi connectivity index (χ0) is 6.53. The first-order valence-electron chi connectivity index (χ1n) is 3.82. The van der Waals surface area contributed by atoms with Crippen molar-refractivity contribution >= 4 is 0 Å². The maximum Gasteiger partial charge on any atom is 0.0137 e. The van der Waals surface area contributed by atoms with E-state index in [0.717, 1.165) is 12.6 Å². The lowest BCUT2D eigenvalue weighted by Crippen LogP contribution is -2.30. The molecule has 0 saturated heterocycles. The van der Waals surface area contributed by atoms with Gasteiger partial charge in [-0.15, -0.1) is 0 Å². The Hall–Kier alpha value is -0.300. The molecule has 0 aliphatic carbocycles. The molecule has 9 heavy (non-hydrogen) atoms. The topological polar surface area (TPSA) is 12.0 Å². The molecule has 1 rings (SSSR count). The molecule has 0 bridgehead atoms. The summed E-state index contributed by atoms with van der Waals surface area (Å²) in [5.41, 5.74) is 0. The predicted octanol–water partition coefficient (Wildman–Crippen LogP) is 1.70. The third-order valence-electron chi connectivity index (χ3n) is 1.75. The number of rotatable bonds is 2. The Kier molecular flexibility index (Phi) is 2.78. The molecule has 0 fully saturated rings. The first-order chi connectivity index (χ1) is 4.43. The summed E-state index contributed by atoms with van der Waals surface area (Å²) in [5.74, 6) is 0. The van der Waals surface area contributed by atoms with Crippen LogP contribution in [0, 0.1) is 0 Å². The molecule has 1 aliphatic heterocycles. The Bertz CT molecular complexity index is 96.7. The van der Waals surface area contributed by atoms with Crippen molar-refractivity contribution in [2.45, 2.75) is 32.2 Å². The molecule has 1 atom stereocenters. The minimum atomic E-state index is 0.764. The van der Waals surface area contributed by atoms with Gasteiger partial charge in [0.2, 0.25) is 0 Å². The predicted molar refractivity (Wildman–Crippen MR) is 40.5 cm³/mol. The van der Waals surface area contributed by atoms with Gasteiger partial charge >= 0.3 is 0 Å². The van der Waals surface area contributed by atoms with Gasteiger partial charge in [-0.1, -0.05) is 25.5 Å². The Balaban J connectivity index is 2.18. The standard InChI is InChI=1S/C8H15N/c1-2-5-8-6-3-4-7-9-8/h3-4,8-9H,2,5-7H2,1H3. The molecule has 0 aromatic rings. The van der Waals surface area contributed by atoms with Crippen LogP contribution < -0.4 is 5.32 Å². The van der Waals surface area contributed by atoms with Crippen LogP contribution >= 0.6 is 0 Å². The van der Waals surface area contributed by atoms with E-state index in [2.05, 4.69) is 24.4 Å². The maximum atomic E-state index is 3.43. The number of hydrogen-bond donors (Lipinski definition) is 1. The van der Waals surface area contributed by atoms with E-state index in [9.17, 15) is 0 Å². The Morgan fingerprint density at radius 1 is 1.56 bits per heavy atom. The molecule has 0 spiro atoms. The van der Waals surface area contributed by atoms with Crippen molar-refractivity contribution in [3.63, 3.8) is 0 Å². The van der Waals surface area contributed by atoms with Crippen LogP contribution in [0.15, 0.2) is 12.2 Å². The van der Waals surface area contributed by atoms with Crippen LogP contribution in [0.2, 0.25) is 0 Å². The van der Waals surface area contributed by atoms with Crippen LogP contribution in [-0.2, 0) is 0 Å². The molecule has 52 valence electrons. The van der Waals surface area contributed by atoms with E-state index >= 15 is 0 Å². The summed E-state index contributed by atoms with van der Waals surface area (Å²) in [6, 6.07) is 0.764. The van der Waals surface area contributed by atoms with Gasteiger partial charge in [-0.3, -0.25) is 0 Å². The van der Waals surface area contributed by atoms with Gasteiger partial charge in [-0.25, -0.2) is 0 Å². The van der Waals surface area contributed by atoms with Crippen molar-refractivity contribution in [2.75, 3.05) is 6.54 Å². The SMILES string of the molecule is CCCC1CC=CCN1. The highest BCUT2D eigenvalue weighted by atomic mass is 14.9. The van der Waals surface area contributed by atoms with Crippen LogP contribution in [0.4, 0.5) is 0 Å². The van der Waals surface area contributed by atoms with Gasteiger partial charge in [0, 0.05) is 12.6 Å². The molecule has 0 radical (unpaired) electrons. The van der Waals surface area contributed by atoms with Gasteiger partial charge in [0.05, 0.1) is 0 Å².